The molecule has 0 unspecified atom stereocenters. The number of nitrogens with one attached hydrogen (secondary N) is 2. The van der Waals surface area contributed by atoms with E-state index in [1.165, 1.54) is 30.3 Å². The molecule has 0 aliphatic heterocycles. The lowest BCUT2D eigenvalue weighted by atomic mass is 10.2. The molecule has 9 heteroatoms. The van der Waals surface area contributed by atoms with Gasteiger partial charge in [-0.25, -0.2) is 0 Å². The Morgan fingerprint density at radius 3 is 2.46 bits per heavy atom. The molecule has 0 radical (unpaired) electrons. The van der Waals surface area contributed by atoms with Crippen LogP contribution in [0.2, 0.25) is 0 Å². The van der Waals surface area contributed by atoms with Crippen molar-refractivity contribution in [1.82, 2.24) is 10.6 Å². The Labute approximate surface area is 137 Å². The molecule has 1 aromatic rings. The molecule has 128 valence electrons. The maximum atomic E-state index is 11.8. The van der Waals surface area contributed by atoms with Gasteiger partial charge in [0.2, 0.25) is 0 Å². The number of nitrogens with zero attached hydrogens (tertiary/aromatic N) is 1. The van der Waals surface area contributed by atoms with Crippen molar-refractivity contribution in [1.29, 1.82) is 0 Å². The standard InChI is InChI=1S/C15H17N3O6/c1-2-8-16-13(19)10-24-14(20)7-9-17-15(21)11-3-5-12(6-4-11)18(22)23/h2-6H,1,7-10H2,(H,16,19)(H,17,21). The zero-order chi connectivity index (χ0) is 17.9. The zero-order valence-electron chi connectivity index (χ0n) is 12.8. The summed E-state index contributed by atoms with van der Waals surface area (Å²) in [7, 11) is 0. The molecule has 0 saturated carbocycles. The molecule has 9 nitrogen and oxygen atoms in total. The monoisotopic (exact) mass is 335 g/mol. The lowest BCUT2D eigenvalue weighted by molar-refractivity contribution is -0.384. The average Bonchev–Trinajstić information content (AvgIpc) is 2.58. The number of rotatable bonds is 9. The molecular formula is C15H17N3O6. The van der Waals surface area contributed by atoms with Crippen molar-refractivity contribution in [3.05, 3.63) is 52.6 Å². The zero-order valence-corrected chi connectivity index (χ0v) is 12.8. The Balaban J connectivity index is 2.29. The van der Waals surface area contributed by atoms with Crippen molar-refractivity contribution in [3.63, 3.8) is 0 Å². The molecular weight excluding hydrogens is 318 g/mol. The van der Waals surface area contributed by atoms with Crippen molar-refractivity contribution in [2.75, 3.05) is 19.7 Å². The van der Waals surface area contributed by atoms with Crippen LogP contribution < -0.4 is 10.6 Å². The van der Waals surface area contributed by atoms with Crippen LogP contribution in [0.5, 0.6) is 0 Å². The minimum Gasteiger partial charge on any atom is -0.456 e. The number of benzene rings is 1. The Bertz CT molecular complexity index is 627. The van der Waals surface area contributed by atoms with Crippen molar-refractivity contribution in [2.24, 2.45) is 0 Å². The SMILES string of the molecule is C=CCNC(=O)COC(=O)CCNC(=O)c1ccc([N+](=O)[O-])cc1. The largest absolute Gasteiger partial charge is 0.456 e. The van der Waals surface area contributed by atoms with Gasteiger partial charge in [0.15, 0.2) is 6.61 Å². The third-order valence-corrected chi connectivity index (χ3v) is 2.76. The molecule has 24 heavy (non-hydrogen) atoms. The average molecular weight is 335 g/mol. The molecule has 0 spiro atoms. The summed E-state index contributed by atoms with van der Waals surface area (Å²) in [5.74, 6) is -1.55. The second kappa shape index (κ2) is 9.72. The maximum absolute atomic E-state index is 11.8. The van der Waals surface area contributed by atoms with Crippen LogP contribution in [0.25, 0.3) is 0 Å². The van der Waals surface area contributed by atoms with E-state index in [0.29, 0.717) is 0 Å². The fourth-order valence-electron chi connectivity index (χ4n) is 1.57. The predicted octanol–water partition coefficient (Wildman–Crippen LogP) is 0.560. The van der Waals surface area contributed by atoms with Gasteiger partial charge in [-0.05, 0) is 12.1 Å². The summed E-state index contributed by atoms with van der Waals surface area (Å²) in [6.07, 6.45) is 1.39. The van der Waals surface area contributed by atoms with Crippen molar-refractivity contribution in [3.8, 4) is 0 Å². The summed E-state index contributed by atoms with van der Waals surface area (Å²) in [6, 6.07) is 5.06. The summed E-state index contributed by atoms with van der Waals surface area (Å²) in [5.41, 5.74) is 0.114. The second-order valence-electron chi connectivity index (χ2n) is 4.56. The Hall–Kier alpha value is -3.23. The lowest BCUT2D eigenvalue weighted by Crippen LogP contribution is -2.30. The van der Waals surface area contributed by atoms with Gasteiger partial charge >= 0.3 is 5.97 Å². The van der Waals surface area contributed by atoms with E-state index in [1.807, 2.05) is 0 Å². The smallest absolute Gasteiger partial charge is 0.308 e. The van der Waals surface area contributed by atoms with Crippen molar-refractivity contribution in [2.45, 2.75) is 6.42 Å². The Kier molecular flexibility index (Phi) is 7.62. The van der Waals surface area contributed by atoms with Crippen molar-refractivity contribution >= 4 is 23.5 Å². The summed E-state index contributed by atoms with van der Waals surface area (Å²) < 4.78 is 4.72. The molecule has 0 saturated heterocycles. The molecule has 0 heterocycles. The van der Waals surface area contributed by atoms with Gasteiger partial charge in [0.1, 0.15) is 0 Å². The molecule has 0 fully saturated rings. The molecule has 0 aromatic heterocycles. The quantitative estimate of drug-likeness (QED) is 0.294. The van der Waals surface area contributed by atoms with Crippen LogP contribution in [-0.2, 0) is 14.3 Å². The Morgan fingerprint density at radius 2 is 1.88 bits per heavy atom. The summed E-state index contributed by atoms with van der Waals surface area (Å²) in [6.45, 7) is 3.32. The van der Waals surface area contributed by atoms with Crippen LogP contribution >= 0.6 is 0 Å². The normalized spacial score (nSPS) is 9.67. The number of non-ortho nitro benzene ring substituents is 1. The third kappa shape index (κ3) is 6.69. The first-order valence-corrected chi connectivity index (χ1v) is 7.00. The predicted molar refractivity (Wildman–Crippen MR) is 84.2 cm³/mol. The van der Waals surface area contributed by atoms with Crippen LogP contribution in [0, 0.1) is 10.1 Å². The van der Waals surface area contributed by atoms with E-state index >= 15 is 0 Å². The fourth-order valence-corrected chi connectivity index (χ4v) is 1.57. The van der Waals surface area contributed by atoms with Gasteiger partial charge < -0.3 is 15.4 Å². The molecule has 1 aromatic carbocycles. The minimum absolute atomic E-state index is 0.0168. The highest BCUT2D eigenvalue weighted by Crippen LogP contribution is 2.11. The summed E-state index contributed by atoms with van der Waals surface area (Å²) >= 11 is 0. The molecule has 1 rings (SSSR count). The van der Waals surface area contributed by atoms with Crippen molar-refractivity contribution < 1.29 is 24.0 Å². The van der Waals surface area contributed by atoms with E-state index in [9.17, 15) is 24.5 Å². The molecule has 0 atom stereocenters. The molecule has 0 aliphatic carbocycles. The van der Waals surface area contributed by atoms with Gasteiger partial charge in [0, 0.05) is 30.8 Å². The first kappa shape index (κ1) is 18.8. The van der Waals surface area contributed by atoms with Crippen LogP contribution in [0.15, 0.2) is 36.9 Å². The number of hydrogen-bond acceptors (Lipinski definition) is 6. The lowest BCUT2D eigenvalue weighted by Gasteiger charge is -2.06. The number of carbonyl (C=O) groups excluding carboxylic acids is 3. The van der Waals surface area contributed by atoms with Crippen LogP contribution in [-0.4, -0.2) is 42.4 Å². The number of amides is 2. The van der Waals surface area contributed by atoms with E-state index in [4.69, 9.17) is 4.74 Å². The van der Waals surface area contributed by atoms with Gasteiger partial charge in [0.25, 0.3) is 17.5 Å². The highest BCUT2D eigenvalue weighted by molar-refractivity contribution is 5.94. The van der Waals surface area contributed by atoms with E-state index < -0.39 is 29.3 Å². The topological polar surface area (TPSA) is 128 Å². The Morgan fingerprint density at radius 1 is 1.21 bits per heavy atom. The van der Waals surface area contributed by atoms with Gasteiger partial charge in [-0.1, -0.05) is 6.08 Å². The van der Waals surface area contributed by atoms with E-state index in [-0.39, 0.29) is 30.8 Å². The van der Waals surface area contributed by atoms with E-state index in [0.717, 1.165) is 0 Å². The highest BCUT2D eigenvalue weighted by atomic mass is 16.6. The van der Waals surface area contributed by atoms with Gasteiger partial charge in [-0.3, -0.25) is 24.5 Å². The number of nitro benzene ring substituents is 1. The highest BCUT2D eigenvalue weighted by Gasteiger charge is 2.11. The summed E-state index contributed by atoms with van der Waals surface area (Å²) in [4.78, 5) is 44.3. The van der Waals surface area contributed by atoms with Crippen LogP contribution in [0.1, 0.15) is 16.8 Å². The molecule has 2 N–H and O–H groups in total. The number of carbonyl (C=O) groups is 3. The molecule has 0 aliphatic rings. The first-order valence-electron chi connectivity index (χ1n) is 7.00. The van der Waals surface area contributed by atoms with E-state index in [2.05, 4.69) is 17.2 Å². The minimum atomic E-state index is -0.632. The van der Waals surface area contributed by atoms with Gasteiger partial charge in [-0.15, -0.1) is 6.58 Å². The molecule has 2 amide bonds. The third-order valence-electron chi connectivity index (χ3n) is 2.76. The second-order valence-corrected chi connectivity index (χ2v) is 4.56. The maximum Gasteiger partial charge on any atom is 0.308 e. The number of ether oxygens (including phenoxy) is 1. The van der Waals surface area contributed by atoms with Gasteiger partial charge in [-0.2, -0.15) is 0 Å². The molecule has 0 bridgehead atoms. The van der Waals surface area contributed by atoms with Crippen LogP contribution in [0.3, 0.4) is 0 Å². The number of esters is 1. The van der Waals surface area contributed by atoms with E-state index in [1.54, 1.807) is 0 Å². The van der Waals surface area contributed by atoms with Crippen LogP contribution in [0.4, 0.5) is 5.69 Å². The number of hydrogen-bond donors (Lipinski definition) is 2. The number of nitro groups is 1. The van der Waals surface area contributed by atoms with Gasteiger partial charge in [0.05, 0.1) is 11.3 Å². The summed E-state index contributed by atoms with van der Waals surface area (Å²) in [5, 5.41) is 15.4. The first-order chi connectivity index (χ1) is 11.4. The fraction of sp³-hybridized carbons (Fsp3) is 0.267.